The van der Waals surface area contributed by atoms with Crippen molar-refractivity contribution in [3.63, 3.8) is 0 Å². The van der Waals surface area contributed by atoms with Crippen LogP contribution in [-0.2, 0) is 21.1 Å². The molecule has 0 saturated heterocycles. The molecule has 6 heteroatoms. The predicted molar refractivity (Wildman–Crippen MR) is 192 cm³/mol. The summed E-state index contributed by atoms with van der Waals surface area (Å²) in [6.07, 6.45) is 7.70. The van der Waals surface area contributed by atoms with Crippen molar-refractivity contribution in [1.82, 2.24) is 18.8 Å². The number of imidazole rings is 2. The SMILES string of the molecule is CC(C)c1cccc(C(C)C)c1-c1ccc2c(c1)c1ccc(Oc3[c-]c4c(cc3)c3ccccc3n3ccnc43)[c-]c1c1nccn21.[Pt+2]. The van der Waals surface area contributed by atoms with Gasteiger partial charge in [-0.25, -0.2) is 0 Å². The van der Waals surface area contributed by atoms with Crippen molar-refractivity contribution in [1.29, 1.82) is 0 Å². The molecule has 0 aliphatic heterocycles. The van der Waals surface area contributed by atoms with Crippen LogP contribution in [0.25, 0.3) is 65.8 Å². The maximum atomic E-state index is 6.46. The fourth-order valence-electron chi connectivity index (χ4n) is 7.27. The minimum Gasteiger partial charge on any atom is -0.497 e. The number of pyridine rings is 2. The maximum Gasteiger partial charge on any atom is 2.00 e. The third-order valence-corrected chi connectivity index (χ3v) is 9.45. The van der Waals surface area contributed by atoms with Crippen molar-refractivity contribution in [2.24, 2.45) is 0 Å². The minimum atomic E-state index is 0. The number of aromatic nitrogens is 4. The number of nitrogens with zero attached hydrogens (tertiary/aromatic N) is 4. The first-order valence-electron chi connectivity index (χ1n) is 16.2. The van der Waals surface area contributed by atoms with Crippen LogP contribution in [0.1, 0.15) is 50.7 Å². The number of hydrogen-bond donors (Lipinski definition) is 0. The van der Waals surface area contributed by atoms with Gasteiger partial charge in [0.25, 0.3) is 0 Å². The molecule has 0 spiro atoms. The number of ether oxygens (including phenoxy) is 1. The van der Waals surface area contributed by atoms with Crippen molar-refractivity contribution in [3.05, 3.63) is 133 Å². The van der Waals surface area contributed by atoms with E-state index in [0.29, 0.717) is 23.3 Å². The molecule has 48 heavy (non-hydrogen) atoms. The molecule has 0 unspecified atom stereocenters. The Morgan fingerprint density at radius 3 is 1.75 bits per heavy atom. The largest absolute Gasteiger partial charge is 2.00 e. The van der Waals surface area contributed by atoms with Gasteiger partial charge in [0.2, 0.25) is 0 Å². The molecule has 0 aliphatic carbocycles. The molecule has 0 N–H and O–H groups in total. The van der Waals surface area contributed by atoms with Crippen LogP contribution in [0.4, 0.5) is 0 Å². The Labute approximate surface area is 293 Å². The first-order chi connectivity index (χ1) is 23.0. The molecular weight excluding hydrogens is 772 g/mol. The molecule has 4 aromatic heterocycles. The van der Waals surface area contributed by atoms with Crippen LogP contribution in [0.15, 0.2) is 110 Å². The third-order valence-electron chi connectivity index (χ3n) is 9.45. The fourth-order valence-corrected chi connectivity index (χ4v) is 7.27. The van der Waals surface area contributed by atoms with Crippen LogP contribution in [0.2, 0.25) is 0 Å². The second kappa shape index (κ2) is 11.6. The van der Waals surface area contributed by atoms with E-state index in [2.05, 4.69) is 126 Å². The molecular formula is C42H32N4OPt. The van der Waals surface area contributed by atoms with E-state index in [4.69, 9.17) is 9.72 Å². The molecule has 0 aliphatic rings. The van der Waals surface area contributed by atoms with Crippen LogP contribution in [0.5, 0.6) is 11.5 Å². The van der Waals surface area contributed by atoms with E-state index in [1.165, 1.54) is 22.3 Å². The molecule has 0 fully saturated rings. The van der Waals surface area contributed by atoms with Crippen molar-refractivity contribution in [3.8, 4) is 22.6 Å². The third kappa shape index (κ3) is 4.63. The molecule has 0 bridgehead atoms. The summed E-state index contributed by atoms with van der Waals surface area (Å²) < 4.78 is 10.7. The predicted octanol–water partition coefficient (Wildman–Crippen LogP) is 10.9. The Hall–Kier alpha value is -4.99. The average Bonchev–Trinajstić information content (AvgIpc) is 3.79. The Kier molecular flexibility index (Phi) is 7.34. The number of rotatable bonds is 5. The smallest absolute Gasteiger partial charge is 0.497 e. The van der Waals surface area contributed by atoms with E-state index in [1.807, 2.05) is 36.9 Å². The van der Waals surface area contributed by atoms with Gasteiger partial charge in [-0.2, -0.15) is 0 Å². The van der Waals surface area contributed by atoms with E-state index in [0.717, 1.165) is 54.6 Å². The first-order valence-corrected chi connectivity index (χ1v) is 16.2. The van der Waals surface area contributed by atoms with Crippen molar-refractivity contribution >= 4 is 54.6 Å². The number of hydrogen-bond acceptors (Lipinski definition) is 3. The summed E-state index contributed by atoms with van der Waals surface area (Å²) in [7, 11) is 0. The van der Waals surface area contributed by atoms with E-state index < -0.39 is 0 Å². The minimum absolute atomic E-state index is 0. The molecule has 0 atom stereocenters. The number of benzene rings is 5. The Morgan fingerprint density at radius 2 is 1.15 bits per heavy atom. The summed E-state index contributed by atoms with van der Waals surface area (Å²) in [6, 6.07) is 37.3. The van der Waals surface area contributed by atoms with Gasteiger partial charge in [0.15, 0.2) is 0 Å². The van der Waals surface area contributed by atoms with E-state index >= 15 is 0 Å². The molecule has 5 nitrogen and oxygen atoms in total. The summed E-state index contributed by atoms with van der Waals surface area (Å²) in [5, 5.41) is 6.33. The molecule has 0 amide bonds. The zero-order valence-electron chi connectivity index (χ0n) is 27.1. The molecule has 5 aromatic carbocycles. The average molecular weight is 804 g/mol. The van der Waals surface area contributed by atoms with Gasteiger partial charge in [-0.05, 0) is 57.0 Å². The van der Waals surface area contributed by atoms with Gasteiger partial charge in [-0.1, -0.05) is 122 Å². The van der Waals surface area contributed by atoms with Gasteiger partial charge in [0.1, 0.15) is 0 Å². The van der Waals surface area contributed by atoms with Crippen LogP contribution >= 0.6 is 0 Å². The number of fused-ring (bicyclic) bond motifs is 12. The summed E-state index contributed by atoms with van der Waals surface area (Å²) in [6.45, 7) is 9.10. The fraction of sp³-hybridized carbons (Fsp3) is 0.143. The molecule has 236 valence electrons. The Balaban J connectivity index is 0.00000336. The molecule has 4 heterocycles. The summed E-state index contributed by atoms with van der Waals surface area (Å²) in [5.41, 5.74) is 9.25. The Morgan fingerprint density at radius 1 is 0.583 bits per heavy atom. The van der Waals surface area contributed by atoms with E-state index in [-0.39, 0.29) is 21.1 Å². The summed E-state index contributed by atoms with van der Waals surface area (Å²) in [5.74, 6) is 2.05. The van der Waals surface area contributed by atoms with Gasteiger partial charge >= 0.3 is 21.1 Å². The molecule has 0 radical (unpaired) electrons. The molecule has 9 aromatic rings. The van der Waals surface area contributed by atoms with E-state index in [9.17, 15) is 0 Å². The first kappa shape index (κ1) is 30.3. The molecule has 9 rings (SSSR count). The second-order valence-corrected chi connectivity index (χ2v) is 12.9. The van der Waals surface area contributed by atoms with Gasteiger partial charge < -0.3 is 13.5 Å². The number of para-hydroxylation sites is 1. The van der Waals surface area contributed by atoms with Crippen LogP contribution in [0.3, 0.4) is 0 Å². The quantitative estimate of drug-likeness (QED) is 0.129. The van der Waals surface area contributed by atoms with Gasteiger partial charge in [-0.3, -0.25) is 9.97 Å². The monoisotopic (exact) mass is 803 g/mol. The van der Waals surface area contributed by atoms with Crippen LogP contribution in [0, 0.1) is 12.1 Å². The summed E-state index contributed by atoms with van der Waals surface area (Å²) in [4.78, 5) is 9.42. The van der Waals surface area contributed by atoms with Crippen molar-refractivity contribution in [2.45, 2.75) is 39.5 Å². The topological polar surface area (TPSA) is 43.8 Å². The zero-order valence-corrected chi connectivity index (χ0v) is 29.3. The Bertz CT molecular complexity index is 2660. The maximum absolute atomic E-state index is 6.46. The van der Waals surface area contributed by atoms with Crippen LogP contribution in [-0.4, -0.2) is 18.8 Å². The van der Waals surface area contributed by atoms with Crippen LogP contribution < -0.4 is 4.74 Å². The molecule has 0 saturated carbocycles. The second-order valence-electron chi connectivity index (χ2n) is 12.9. The van der Waals surface area contributed by atoms with Crippen molar-refractivity contribution < 1.29 is 25.8 Å². The van der Waals surface area contributed by atoms with Gasteiger partial charge in [-0.15, -0.1) is 12.1 Å². The standard InChI is InChI=1S/C42H32N4O.Pt/c1-25(2)30-9-7-10-31(26(3)4)40(30)27-12-17-39-35(22-27)33-16-14-29(24-37(33)42-44-19-21-46(39)42)47-28-13-15-32-34-8-5-6-11-38(34)45-20-18-43-41(45)36(32)23-28;/h5-22,25-26H,1-4H3;/q-2;+2. The summed E-state index contributed by atoms with van der Waals surface area (Å²) >= 11 is 0. The van der Waals surface area contributed by atoms with Gasteiger partial charge in [0.05, 0.1) is 11.3 Å². The van der Waals surface area contributed by atoms with Crippen molar-refractivity contribution in [2.75, 3.05) is 0 Å². The van der Waals surface area contributed by atoms with Gasteiger partial charge in [0, 0.05) is 47.3 Å². The zero-order chi connectivity index (χ0) is 31.8. The normalized spacial score (nSPS) is 12.0. The van der Waals surface area contributed by atoms with E-state index in [1.54, 1.807) is 0 Å².